The Morgan fingerprint density at radius 1 is 1.37 bits per heavy atom. The number of nitrogen functional groups attached to an aromatic ring is 1. The molecule has 0 aliphatic heterocycles. The minimum absolute atomic E-state index is 0.121. The summed E-state index contributed by atoms with van der Waals surface area (Å²) in [6.45, 7) is 0. The zero-order valence-corrected chi connectivity index (χ0v) is 11.7. The van der Waals surface area contributed by atoms with Crippen molar-refractivity contribution in [2.24, 2.45) is 7.05 Å². The van der Waals surface area contributed by atoms with E-state index in [1.54, 1.807) is 31.3 Å². The van der Waals surface area contributed by atoms with Gasteiger partial charge in [-0.15, -0.1) is 0 Å². The second-order valence-electron chi connectivity index (χ2n) is 4.19. The Morgan fingerprint density at radius 2 is 2.05 bits per heavy atom. The van der Waals surface area contributed by atoms with Crippen molar-refractivity contribution in [3.63, 3.8) is 0 Å². The lowest BCUT2D eigenvalue weighted by molar-refractivity contribution is 0.403. The van der Waals surface area contributed by atoms with E-state index >= 15 is 0 Å². The van der Waals surface area contributed by atoms with Gasteiger partial charge in [0.25, 0.3) is 0 Å². The molecule has 19 heavy (non-hydrogen) atoms. The highest BCUT2D eigenvalue weighted by molar-refractivity contribution is 7.91. The maximum Gasteiger partial charge on any atom is 0.179 e. The fourth-order valence-electron chi connectivity index (χ4n) is 1.87. The van der Waals surface area contributed by atoms with E-state index in [1.165, 1.54) is 11.8 Å². The first-order valence-corrected chi connectivity index (χ1v) is 7.40. The predicted molar refractivity (Wildman–Crippen MR) is 72.7 cm³/mol. The zero-order valence-electron chi connectivity index (χ0n) is 10.9. The summed E-state index contributed by atoms with van der Waals surface area (Å²) < 4.78 is 30.5. The predicted octanol–water partition coefficient (Wildman–Crippen LogP) is 1.08. The molecular formula is C12H15N3O3S. The molecular weight excluding hydrogens is 266 g/mol. The molecule has 0 radical (unpaired) electrons. The van der Waals surface area contributed by atoms with Crippen molar-refractivity contribution in [2.75, 3.05) is 19.1 Å². The van der Waals surface area contributed by atoms with Crippen LogP contribution in [0.2, 0.25) is 0 Å². The van der Waals surface area contributed by atoms with Gasteiger partial charge in [-0.25, -0.2) is 8.42 Å². The first-order valence-electron chi connectivity index (χ1n) is 5.51. The standard InChI is InChI=1S/C12H15N3O3S/c1-15-11(13)7-9(14-15)8-5-4-6-10(18-2)12(8)19(3,16)17/h4-7H,13H2,1-3H3. The van der Waals surface area contributed by atoms with Crippen molar-refractivity contribution >= 4 is 15.7 Å². The molecule has 0 bridgehead atoms. The van der Waals surface area contributed by atoms with Crippen LogP contribution in [-0.4, -0.2) is 31.6 Å². The van der Waals surface area contributed by atoms with Crippen LogP contribution in [0.3, 0.4) is 0 Å². The van der Waals surface area contributed by atoms with Crippen LogP contribution >= 0.6 is 0 Å². The fourth-order valence-corrected chi connectivity index (χ4v) is 2.96. The summed E-state index contributed by atoms with van der Waals surface area (Å²) >= 11 is 0. The third kappa shape index (κ3) is 2.41. The van der Waals surface area contributed by atoms with E-state index in [0.717, 1.165) is 6.26 Å². The number of nitrogens with two attached hydrogens (primary N) is 1. The average molecular weight is 281 g/mol. The Morgan fingerprint density at radius 3 is 2.53 bits per heavy atom. The third-order valence-electron chi connectivity index (χ3n) is 2.76. The number of aryl methyl sites for hydroxylation is 1. The quantitative estimate of drug-likeness (QED) is 0.909. The van der Waals surface area contributed by atoms with Crippen LogP contribution in [0.15, 0.2) is 29.2 Å². The molecule has 2 N–H and O–H groups in total. The van der Waals surface area contributed by atoms with E-state index in [-0.39, 0.29) is 4.90 Å². The monoisotopic (exact) mass is 281 g/mol. The van der Waals surface area contributed by atoms with Gasteiger partial charge in [0.2, 0.25) is 0 Å². The number of sulfone groups is 1. The van der Waals surface area contributed by atoms with Crippen LogP contribution in [0.4, 0.5) is 5.82 Å². The fraction of sp³-hybridized carbons (Fsp3) is 0.250. The van der Waals surface area contributed by atoms with E-state index in [0.29, 0.717) is 22.8 Å². The molecule has 0 fully saturated rings. The lowest BCUT2D eigenvalue weighted by atomic mass is 10.1. The van der Waals surface area contributed by atoms with Gasteiger partial charge in [0.05, 0.1) is 12.8 Å². The summed E-state index contributed by atoms with van der Waals surface area (Å²) in [5, 5.41) is 4.20. The van der Waals surface area contributed by atoms with Gasteiger partial charge in [0, 0.05) is 24.9 Å². The Bertz CT molecular complexity index is 700. The van der Waals surface area contributed by atoms with Crippen LogP contribution in [0.5, 0.6) is 5.75 Å². The molecule has 0 saturated carbocycles. The summed E-state index contributed by atoms with van der Waals surface area (Å²) in [6, 6.07) is 6.63. The third-order valence-corrected chi connectivity index (χ3v) is 3.92. The molecule has 0 amide bonds. The normalized spacial score (nSPS) is 11.5. The highest BCUT2D eigenvalue weighted by Crippen LogP contribution is 2.34. The number of rotatable bonds is 3. The van der Waals surface area contributed by atoms with Gasteiger partial charge in [-0.1, -0.05) is 12.1 Å². The largest absolute Gasteiger partial charge is 0.495 e. The van der Waals surface area contributed by atoms with Gasteiger partial charge in [-0.3, -0.25) is 4.68 Å². The number of anilines is 1. The Balaban J connectivity index is 2.77. The Hall–Kier alpha value is -2.02. The molecule has 1 heterocycles. The molecule has 2 rings (SSSR count). The van der Waals surface area contributed by atoms with E-state index < -0.39 is 9.84 Å². The lowest BCUT2D eigenvalue weighted by Gasteiger charge is -2.10. The highest BCUT2D eigenvalue weighted by Gasteiger charge is 2.21. The first kappa shape index (κ1) is 13.4. The van der Waals surface area contributed by atoms with Crippen LogP contribution < -0.4 is 10.5 Å². The van der Waals surface area contributed by atoms with Crippen LogP contribution in [0.1, 0.15) is 0 Å². The minimum Gasteiger partial charge on any atom is -0.495 e. The zero-order chi connectivity index (χ0) is 14.2. The second kappa shape index (κ2) is 4.58. The maximum atomic E-state index is 12.0. The smallest absolute Gasteiger partial charge is 0.179 e. The molecule has 2 aromatic rings. The number of nitrogens with zero attached hydrogens (tertiary/aromatic N) is 2. The van der Waals surface area contributed by atoms with Crippen LogP contribution in [0.25, 0.3) is 11.3 Å². The van der Waals surface area contributed by atoms with Gasteiger partial charge in [-0.2, -0.15) is 5.10 Å². The number of hydrogen-bond donors (Lipinski definition) is 1. The molecule has 1 aromatic heterocycles. The number of methoxy groups -OCH3 is 1. The number of benzene rings is 1. The highest BCUT2D eigenvalue weighted by atomic mass is 32.2. The average Bonchev–Trinajstić information content (AvgIpc) is 2.67. The van der Waals surface area contributed by atoms with E-state index in [1.807, 2.05) is 0 Å². The number of aromatic nitrogens is 2. The van der Waals surface area contributed by atoms with Gasteiger partial charge in [0.15, 0.2) is 9.84 Å². The summed E-state index contributed by atoms with van der Waals surface area (Å²) in [5.41, 5.74) is 6.71. The molecule has 0 atom stereocenters. The second-order valence-corrected chi connectivity index (χ2v) is 6.14. The van der Waals surface area contributed by atoms with E-state index in [4.69, 9.17) is 10.5 Å². The Labute approximate surface area is 111 Å². The van der Waals surface area contributed by atoms with Crippen molar-refractivity contribution in [1.82, 2.24) is 9.78 Å². The van der Waals surface area contributed by atoms with Crippen molar-refractivity contribution in [3.05, 3.63) is 24.3 Å². The topological polar surface area (TPSA) is 87.2 Å². The number of ether oxygens (including phenoxy) is 1. The summed E-state index contributed by atoms with van der Waals surface area (Å²) in [7, 11) is -0.318. The number of hydrogen-bond acceptors (Lipinski definition) is 5. The first-order chi connectivity index (χ1) is 8.84. The molecule has 0 aliphatic carbocycles. The molecule has 0 spiro atoms. The van der Waals surface area contributed by atoms with Crippen molar-refractivity contribution in [3.8, 4) is 17.0 Å². The van der Waals surface area contributed by atoms with E-state index in [9.17, 15) is 8.42 Å². The van der Waals surface area contributed by atoms with Gasteiger partial charge < -0.3 is 10.5 Å². The molecule has 7 heteroatoms. The molecule has 6 nitrogen and oxygen atoms in total. The maximum absolute atomic E-state index is 12.0. The van der Waals surface area contributed by atoms with Crippen LogP contribution in [-0.2, 0) is 16.9 Å². The van der Waals surface area contributed by atoms with Gasteiger partial charge in [-0.05, 0) is 6.07 Å². The SMILES string of the molecule is COc1cccc(-c2cc(N)n(C)n2)c1S(C)(=O)=O. The van der Waals surface area contributed by atoms with E-state index in [2.05, 4.69) is 5.10 Å². The molecule has 0 saturated heterocycles. The van der Waals surface area contributed by atoms with Gasteiger partial charge >= 0.3 is 0 Å². The minimum atomic E-state index is -3.44. The molecule has 0 aliphatic rings. The molecule has 0 unspecified atom stereocenters. The summed E-state index contributed by atoms with van der Waals surface area (Å²) in [5.74, 6) is 0.751. The Kier molecular flexibility index (Phi) is 3.23. The van der Waals surface area contributed by atoms with Gasteiger partial charge in [0.1, 0.15) is 16.5 Å². The van der Waals surface area contributed by atoms with Crippen molar-refractivity contribution in [2.45, 2.75) is 4.90 Å². The van der Waals surface area contributed by atoms with Crippen LogP contribution in [0, 0.1) is 0 Å². The summed E-state index contributed by atoms with van der Waals surface area (Å²) in [6.07, 6.45) is 1.14. The summed E-state index contributed by atoms with van der Waals surface area (Å²) in [4.78, 5) is 0.121. The van der Waals surface area contributed by atoms with Crippen molar-refractivity contribution < 1.29 is 13.2 Å². The molecule has 102 valence electrons. The lowest BCUT2D eigenvalue weighted by Crippen LogP contribution is -2.03. The van der Waals surface area contributed by atoms with Crippen molar-refractivity contribution in [1.29, 1.82) is 0 Å². The molecule has 1 aromatic carbocycles.